The van der Waals surface area contributed by atoms with Gasteiger partial charge < -0.3 is 15.6 Å². The molecule has 1 fully saturated rings. The molecule has 1 saturated heterocycles. The molecule has 0 spiro atoms. The van der Waals surface area contributed by atoms with E-state index in [1.807, 2.05) is 18.7 Å². The van der Waals surface area contributed by atoms with Crippen LogP contribution in [0.5, 0.6) is 11.5 Å². The van der Waals surface area contributed by atoms with Gasteiger partial charge in [0, 0.05) is 12.6 Å². The number of hydrogen-bond donors (Lipinski definition) is 2. The van der Waals surface area contributed by atoms with E-state index in [1.165, 1.54) is 13.2 Å². The maximum absolute atomic E-state index is 13.5. The summed E-state index contributed by atoms with van der Waals surface area (Å²) >= 11 is 0. The smallest absolute Gasteiger partial charge is 0.416 e. The molecule has 0 saturated carbocycles. The van der Waals surface area contributed by atoms with Crippen LogP contribution >= 0.6 is 0 Å². The minimum atomic E-state index is -4.96. The molecule has 2 atom stereocenters. The molecule has 3 rings (SSSR count). The molecule has 3 N–H and O–H groups in total. The van der Waals surface area contributed by atoms with E-state index >= 15 is 0 Å². The fourth-order valence-corrected chi connectivity index (χ4v) is 5.40. The highest BCUT2D eigenvalue weighted by Gasteiger charge is 2.45. The van der Waals surface area contributed by atoms with Crippen molar-refractivity contribution in [2.24, 2.45) is 17.1 Å². The Bertz CT molecular complexity index is 1120. The monoisotopic (exact) mass is 546 g/mol. The van der Waals surface area contributed by atoms with Crippen molar-refractivity contribution in [1.82, 2.24) is 4.90 Å². The van der Waals surface area contributed by atoms with Gasteiger partial charge in [-0.1, -0.05) is 19.9 Å². The van der Waals surface area contributed by atoms with Gasteiger partial charge in [0.05, 0.1) is 23.7 Å². The van der Waals surface area contributed by atoms with Crippen LogP contribution < -0.4 is 10.5 Å². The average Bonchev–Trinajstić information content (AvgIpc) is 2.79. The minimum Gasteiger partial charge on any atom is -0.504 e. The number of hydrogen-bond acceptors (Lipinski definition) is 4. The lowest BCUT2D eigenvalue weighted by Crippen LogP contribution is -2.52. The summed E-state index contributed by atoms with van der Waals surface area (Å²) in [4.78, 5) is 14.5. The number of aromatic hydroxyl groups is 1. The zero-order valence-electron chi connectivity index (χ0n) is 21.4. The van der Waals surface area contributed by atoms with Crippen molar-refractivity contribution in [2.45, 2.75) is 64.5 Å². The lowest BCUT2D eigenvalue weighted by Gasteiger charge is -2.46. The number of methoxy groups -OCH3 is 1. The van der Waals surface area contributed by atoms with E-state index < -0.39 is 40.8 Å². The van der Waals surface area contributed by atoms with E-state index in [-0.39, 0.29) is 48.4 Å². The molecule has 2 aromatic rings. The van der Waals surface area contributed by atoms with Gasteiger partial charge >= 0.3 is 12.4 Å². The van der Waals surface area contributed by atoms with Crippen LogP contribution in [0.15, 0.2) is 36.4 Å². The Labute approximate surface area is 217 Å². The fraction of sp³-hybridized carbons (Fsp3) is 0.519. The molecule has 0 aliphatic carbocycles. The number of phenols is 1. The number of carbonyl (C=O) groups excluding carboxylic acids is 1. The molecular weight excluding hydrogens is 514 g/mol. The summed E-state index contributed by atoms with van der Waals surface area (Å²) < 4.78 is 85.9. The topological polar surface area (TPSA) is 75.8 Å². The third-order valence-corrected chi connectivity index (χ3v) is 7.09. The molecule has 1 aliphatic heterocycles. The number of halogens is 6. The van der Waals surface area contributed by atoms with Crippen LogP contribution in [0.4, 0.5) is 26.3 Å². The van der Waals surface area contributed by atoms with Crippen molar-refractivity contribution >= 4 is 5.91 Å². The lowest BCUT2D eigenvalue weighted by atomic mass is 9.69. The van der Waals surface area contributed by atoms with Gasteiger partial charge in [0.2, 0.25) is 5.91 Å². The predicted octanol–water partition coefficient (Wildman–Crippen LogP) is 6.16. The summed E-state index contributed by atoms with van der Waals surface area (Å²) in [6.07, 6.45) is -9.04. The molecule has 38 heavy (non-hydrogen) atoms. The van der Waals surface area contributed by atoms with Crippen molar-refractivity contribution < 1.29 is 41.0 Å². The number of rotatable bonds is 8. The molecule has 0 radical (unpaired) electrons. The van der Waals surface area contributed by atoms with Gasteiger partial charge in [0.1, 0.15) is 0 Å². The third kappa shape index (κ3) is 6.92. The van der Waals surface area contributed by atoms with E-state index in [1.54, 1.807) is 12.1 Å². The van der Waals surface area contributed by atoms with Crippen molar-refractivity contribution in [3.63, 3.8) is 0 Å². The molecule has 0 bridgehead atoms. The van der Waals surface area contributed by atoms with Crippen LogP contribution in [0.3, 0.4) is 0 Å². The van der Waals surface area contributed by atoms with Gasteiger partial charge in [0.25, 0.3) is 0 Å². The molecule has 1 unspecified atom stereocenters. The Morgan fingerprint density at radius 2 is 1.68 bits per heavy atom. The first kappa shape index (κ1) is 29.6. The number of ether oxygens (including phenoxy) is 1. The van der Waals surface area contributed by atoms with Gasteiger partial charge in [-0.3, -0.25) is 9.69 Å². The predicted molar refractivity (Wildman–Crippen MR) is 129 cm³/mol. The molecular formula is C27H32F6N2O3. The summed E-state index contributed by atoms with van der Waals surface area (Å²) in [7, 11) is 1.40. The first-order valence-corrected chi connectivity index (χ1v) is 12.2. The minimum absolute atomic E-state index is 0.0959. The van der Waals surface area contributed by atoms with E-state index in [0.717, 1.165) is 12.1 Å². The second kappa shape index (κ2) is 11.0. The van der Waals surface area contributed by atoms with Crippen LogP contribution in [0.1, 0.15) is 55.4 Å². The van der Waals surface area contributed by atoms with Gasteiger partial charge in [-0.15, -0.1) is 0 Å². The number of amides is 1. The number of benzene rings is 2. The number of piperidine rings is 1. The highest BCUT2D eigenvalue weighted by molar-refractivity contribution is 5.81. The molecule has 2 aromatic carbocycles. The van der Waals surface area contributed by atoms with Crippen molar-refractivity contribution in [3.8, 4) is 11.5 Å². The number of carbonyl (C=O) groups is 1. The standard InChI is InChI=1S/C27H32F6N2O3/c1-16(2)13-25(24(34)37)6-7-35(15-17-4-5-23(38-3)22(36)11-17)21(14-25)10-18-8-19(26(28,29)30)12-20(9-18)27(31,32)33/h4-5,8-9,11-12,16,21,36H,6-7,10,13-15H2,1-3H3,(H2,34,37)/t21-,25?/m1/s1. The Morgan fingerprint density at radius 1 is 1.08 bits per heavy atom. The third-order valence-electron chi connectivity index (χ3n) is 7.09. The number of nitrogens with two attached hydrogens (primary N) is 1. The SMILES string of the molecule is COc1ccc(CN2CCC(CC(C)C)(C(N)=O)C[C@H]2Cc2cc(C(F)(F)F)cc(C(F)(F)F)c2)cc1O. The zero-order chi connectivity index (χ0) is 28.5. The van der Waals surface area contributed by atoms with Crippen LogP contribution in [-0.2, 0) is 30.1 Å². The molecule has 1 aliphatic rings. The highest BCUT2D eigenvalue weighted by Crippen LogP contribution is 2.43. The largest absolute Gasteiger partial charge is 0.504 e. The molecule has 210 valence electrons. The van der Waals surface area contributed by atoms with Crippen LogP contribution in [0, 0.1) is 11.3 Å². The average molecular weight is 547 g/mol. The zero-order valence-corrected chi connectivity index (χ0v) is 21.4. The number of phenolic OH excluding ortho intramolecular Hbond substituents is 1. The van der Waals surface area contributed by atoms with Crippen molar-refractivity contribution in [2.75, 3.05) is 13.7 Å². The first-order chi connectivity index (χ1) is 17.5. The molecule has 0 aromatic heterocycles. The summed E-state index contributed by atoms with van der Waals surface area (Å²) in [5.74, 6) is -0.272. The molecule has 11 heteroatoms. The number of alkyl halides is 6. The first-order valence-electron chi connectivity index (χ1n) is 12.2. The summed E-state index contributed by atoms with van der Waals surface area (Å²) in [5.41, 5.74) is 2.65. The summed E-state index contributed by atoms with van der Waals surface area (Å²) in [5, 5.41) is 10.2. The van der Waals surface area contributed by atoms with Gasteiger partial charge in [-0.2, -0.15) is 26.3 Å². The van der Waals surface area contributed by atoms with E-state index in [4.69, 9.17) is 10.5 Å². The Hall–Kier alpha value is -2.95. The van der Waals surface area contributed by atoms with E-state index in [2.05, 4.69) is 0 Å². The van der Waals surface area contributed by atoms with Crippen LogP contribution in [0.2, 0.25) is 0 Å². The second-order valence-electron chi connectivity index (χ2n) is 10.4. The fourth-order valence-electron chi connectivity index (χ4n) is 5.40. The van der Waals surface area contributed by atoms with Crippen molar-refractivity contribution in [1.29, 1.82) is 0 Å². The van der Waals surface area contributed by atoms with E-state index in [9.17, 15) is 36.2 Å². The second-order valence-corrected chi connectivity index (χ2v) is 10.4. The Kier molecular flexibility index (Phi) is 8.60. The Morgan fingerprint density at radius 3 is 2.16 bits per heavy atom. The van der Waals surface area contributed by atoms with Crippen LogP contribution in [-0.4, -0.2) is 35.6 Å². The highest BCUT2D eigenvalue weighted by atomic mass is 19.4. The Balaban J connectivity index is 2.02. The van der Waals surface area contributed by atoms with E-state index in [0.29, 0.717) is 24.9 Å². The van der Waals surface area contributed by atoms with Crippen molar-refractivity contribution in [3.05, 3.63) is 58.7 Å². The number of likely N-dealkylation sites (tertiary alicyclic amines) is 1. The maximum Gasteiger partial charge on any atom is 0.416 e. The lowest BCUT2D eigenvalue weighted by molar-refractivity contribution is -0.143. The van der Waals surface area contributed by atoms with Crippen LogP contribution in [0.25, 0.3) is 0 Å². The maximum atomic E-state index is 13.5. The quantitative estimate of drug-likeness (QED) is 0.389. The molecule has 1 heterocycles. The number of nitrogens with zero attached hydrogens (tertiary/aromatic N) is 1. The molecule has 5 nitrogen and oxygen atoms in total. The van der Waals surface area contributed by atoms with Gasteiger partial charge in [0.15, 0.2) is 11.5 Å². The normalized spacial score (nSPS) is 21.1. The number of primary amides is 1. The van der Waals surface area contributed by atoms with Gasteiger partial charge in [-0.25, -0.2) is 0 Å². The summed E-state index contributed by atoms with van der Waals surface area (Å²) in [6, 6.07) is 5.76. The molecule has 1 amide bonds. The van der Waals surface area contributed by atoms with Gasteiger partial charge in [-0.05, 0) is 79.6 Å². The summed E-state index contributed by atoms with van der Waals surface area (Å²) in [6.45, 7) is 4.45.